The van der Waals surface area contributed by atoms with Crippen LogP contribution in [0, 0.1) is 0 Å². The number of nitrogens with zero attached hydrogens (tertiary/aromatic N) is 1. The molecule has 2 aromatic heterocycles. The van der Waals surface area contributed by atoms with E-state index in [1.54, 1.807) is 22.7 Å². The summed E-state index contributed by atoms with van der Waals surface area (Å²) in [5.74, 6) is 1.68. The van der Waals surface area contributed by atoms with Crippen molar-refractivity contribution in [2.45, 2.75) is 6.42 Å². The molecule has 3 rings (SSSR count). The fourth-order valence-electron chi connectivity index (χ4n) is 1.69. The molecule has 0 aliphatic carbocycles. The quantitative estimate of drug-likeness (QED) is 0.926. The average molecular weight is 268 g/mol. The van der Waals surface area contributed by atoms with Gasteiger partial charge in [0.05, 0.1) is 15.6 Å². The van der Waals surface area contributed by atoms with Gasteiger partial charge in [-0.3, -0.25) is 0 Å². The molecule has 0 radical (unpaired) electrons. The zero-order valence-electron chi connectivity index (χ0n) is 9.14. The van der Waals surface area contributed by atoms with Crippen LogP contribution >= 0.6 is 22.7 Å². The third-order valence-electron chi connectivity index (χ3n) is 2.44. The maximum Gasteiger partial charge on any atom is 0.181 e. The minimum atomic E-state index is 0.608. The minimum Gasteiger partial charge on any atom is -0.485 e. The van der Waals surface area contributed by atoms with Gasteiger partial charge >= 0.3 is 0 Å². The Morgan fingerprint density at radius 1 is 1.24 bits per heavy atom. The van der Waals surface area contributed by atoms with E-state index in [-0.39, 0.29) is 0 Å². The first-order valence-electron chi connectivity index (χ1n) is 5.40. The zero-order valence-corrected chi connectivity index (χ0v) is 10.8. The molecular weight excluding hydrogens is 256 g/mol. The fraction of sp³-hybridized carbons (Fsp3) is 0.364. The third-order valence-corrected chi connectivity index (χ3v) is 4.31. The maximum absolute atomic E-state index is 5.64. The topological polar surface area (TPSA) is 57.4 Å². The second-order valence-electron chi connectivity index (χ2n) is 3.62. The van der Waals surface area contributed by atoms with Crippen LogP contribution in [0.2, 0.25) is 0 Å². The van der Waals surface area contributed by atoms with Crippen molar-refractivity contribution in [1.82, 2.24) is 4.98 Å². The Labute approximate surface area is 107 Å². The van der Waals surface area contributed by atoms with Gasteiger partial charge in [0, 0.05) is 17.2 Å². The van der Waals surface area contributed by atoms with Crippen molar-refractivity contribution >= 4 is 22.7 Å². The molecule has 17 heavy (non-hydrogen) atoms. The summed E-state index contributed by atoms with van der Waals surface area (Å²) in [6.07, 6.45) is 0.829. The minimum absolute atomic E-state index is 0.608. The van der Waals surface area contributed by atoms with Gasteiger partial charge < -0.3 is 15.2 Å². The Morgan fingerprint density at radius 3 is 3.00 bits per heavy atom. The van der Waals surface area contributed by atoms with Crippen LogP contribution in [-0.2, 0) is 6.42 Å². The summed E-state index contributed by atoms with van der Waals surface area (Å²) in [6.45, 7) is 1.87. The molecule has 2 N–H and O–H groups in total. The van der Waals surface area contributed by atoms with Crippen molar-refractivity contribution in [3.05, 3.63) is 15.8 Å². The van der Waals surface area contributed by atoms with Gasteiger partial charge in [-0.15, -0.1) is 22.7 Å². The largest absolute Gasteiger partial charge is 0.485 e. The molecule has 0 saturated carbocycles. The molecule has 0 unspecified atom stereocenters. The maximum atomic E-state index is 5.64. The van der Waals surface area contributed by atoms with E-state index >= 15 is 0 Å². The Balaban J connectivity index is 1.94. The predicted octanol–water partition coefficient (Wildman–Crippen LogP) is 2.14. The van der Waals surface area contributed by atoms with Crippen LogP contribution in [-0.4, -0.2) is 24.7 Å². The molecule has 0 aromatic carbocycles. The SMILES string of the molecule is NCCc1nc(-c2scc3c2OCCO3)cs1. The number of aromatic nitrogens is 1. The number of ether oxygens (including phenoxy) is 2. The van der Waals surface area contributed by atoms with Gasteiger partial charge in [-0.2, -0.15) is 0 Å². The molecule has 1 aliphatic heterocycles. The summed E-state index contributed by atoms with van der Waals surface area (Å²) in [5, 5.41) is 5.10. The molecule has 0 bridgehead atoms. The lowest BCUT2D eigenvalue weighted by Crippen LogP contribution is -2.14. The van der Waals surface area contributed by atoms with Crippen molar-refractivity contribution in [3.8, 4) is 22.1 Å². The van der Waals surface area contributed by atoms with Crippen molar-refractivity contribution < 1.29 is 9.47 Å². The second kappa shape index (κ2) is 4.64. The second-order valence-corrected chi connectivity index (χ2v) is 5.44. The number of hydrogen-bond donors (Lipinski definition) is 1. The molecule has 2 aromatic rings. The van der Waals surface area contributed by atoms with Crippen LogP contribution in [0.4, 0.5) is 0 Å². The van der Waals surface area contributed by atoms with E-state index in [9.17, 15) is 0 Å². The Morgan fingerprint density at radius 2 is 2.12 bits per heavy atom. The summed E-state index contributed by atoms with van der Waals surface area (Å²) in [5.41, 5.74) is 6.49. The van der Waals surface area contributed by atoms with Crippen molar-refractivity contribution in [2.75, 3.05) is 19.8 Å². The monoisotopic (exact) mass is 268 g/mol. The fourth-order valence-corrected chi connectivity index (χ4v) is 3.46. The van der Waals surface area contributed by atoms with Gasteiger partial charge in [0.25, 0.3) is 0 Å². The highest BCUT2D eigenvalue weighted by molar-refractivity contribution is 7.15. The number of nitrogens with two attached hydrogens (primary N) is 1. The zero-order chi connectivity index (χ0) is 11.7. The van der Waals surface area contributed by atoms with E-state index in [2.05, 4.69) is 10.4 Å². The van der Waals surface area contributed by atoms with E-state index in [0.717, 1.165) is 33.5 Å². The highest BCUT2D eigenvalue weighted by Gasteiger charge is 2.21. The van der Waals surface area contributed by atoms with Gasteiger partial charge in [-0.1, -0.05) is 0 Å². The number of fused-ring (bicyclic) bond motifs is 1. The van der Waals surface area contributed by atoms with Crippen molar-refractivity contribution in [1.29, 1.82) is 0 Å². The Hall–Kier alpha value is -1.11. The molecule has 6 heteroatoms. The lowest BCUT2D eigenvalue weighted by molar-refractivity contribution is 0.174. The highest BCUT2D eigenvalue weighted by Crippen LogP contribution is 2.45. The molecule has 0 spiro atoms. The first kappa shape index (κ1) is 11.0. The number of thiophene rings is 1. The summed E-state index contributed by atoms with van der Waals surface area (Å²) >= 11 is 3.25. The van der Waals surface area contributed by atoms with Crippen LogP contribution in [0.5, 0.6) is 11.5 Å². The first-order chi connectivity index (χ1) is 8.38. The van der Waals surface area contributed by atoms with Crippen LogP contribution in [0.25, 0.3) is 10.6 Å². The summed E-state index contributed by atoms with van der Waals surface area (Å²) in [4.78, 5) is 5.62. The summed E-state index contributed by atoms with van der Waals surface area (Å²) in [6, 6.07) is 0. The summed E-state index contributed by atoms with van der Waals surface area (Å²) in [7, 11) is 0. The van der Waals surface area contributed by atoms with E-state index in [1.807, 2.05) is 5.38 Å². The van der Waals surface area contributed by atoms with Crippen LogP contribution in [0.1, 0.15) is 5.01 Å². The Kier molecular flexibility index (Phi) is 3.00. The highest BCUT2D eigenvalue weighted by atomic mass is 32.1. The van der Waals surface area contributed by atoms with Crippen LogP contribution in [0.3, 0.4) is 0 Å². The molecule has 1 aliphatic rings. The number of rotatable bonds is 3. The molecule has 4 nitrogen and oxygen atoms in total. The van der Waals surface area contributed by atoms with Crippen LogP contribution < -0.4 is 15.2 Å². The van der Waals surface area contributed by atoms with Gasteiger partial charge in [0.2, 0.25) is 0 Å². The molecule has 3 heterocycles. The van der Waals surface area contributed by atoms with Crippen molar-refractivity contribution in [2.24, 2.45) is 5.73 Å². The van der Waals surface area contributed by atoms with Gasteiger partial charge in [-0.25, -0.2) is 4.98 Å². The van der Waals surface area contributed by atoms with Crippen molar-refractivity contribution in [3.63, 3.8) is 0 Å². The van der Waals surface area contributed by atoms with Gasteiger partial charge in [0.15, 0.2) is 11.5 Å². The predicted molar refractivity (Wildman–Crippen MR) is 69.2 cm³/mol. The van der Waals surface area contributed by atoms with Gasteiger partial charge in [0.1, 0.15) is 13.2 Å². The standard InChI is InChI=1S/C11H12N2O2S2/c12-2-1-9-13-7(5-16-9)11-10-8(6-17-11)14-3-4-15-10/h5-6H,1-4,12H2. The molecule has 0 saturated heterocycles. The average Bonchev–Trinajstić information content (AvgIpc) is 2.95. The lowest BCUT2D eigenvalue weighted by Gasteiger charge is -2.15. The molecule has 90 valence electrons. The molecular formula is C11H12N2O2S2. The van der Waals surface area contributed by atoms with E-state index in [0.29, 0.717) is 19.8 Å². The van der Waals surface area contributed by atoms with E-state index in [1.165, 1.54) is 0 Å². The normalized spacial score (nSPS) is 13.9. The first-order valence-corrected chi connectivity index (χ1v) is 7.16. The van der Waals surface area contributed by atoms with E-state index < -0.39 is 0 Å². The van der Waals surface area contributed by atoms with E-state index in [4.69, 9.17) is 15.2 Å². The summed E-state index contributed by atoms with van der Waals surface area (Å²) < 4.78 is 11.2. The smallest absolute Gasteiger partial charge is 0.181 e. The Bertz CT molecular complexity index is 521. The molecule has 0 amide bonds. The number of hydrogen-bond acceptors (Lipinski definition) is 6. The molecule has 0 atom stereocenters. The van der Waals surface area contributed by atoms with Gasteiger partial charge in [-0.05, 0) is 6.54 Å². The van der Waals surface area contributed by atoms with Crippen LogP contribution in [0.15, 0.2) is 10.8 Å². The third kappa shape index (κ3) is 2.03. The number of thiazole rings is 1. The lowest BCUT2D eigenvalue weighted by atomic mass is 10.3. The molecule has 0 fully saturated rings.